The fourth-order valence-electron chi connectivity index (χ4n) is 2.91. The van der Waals surface area contributed by atoms with Crippen molar-refractivity contribution in [2.24, 2.45) is 7.05 Å². The molecule has 3 rings (SSSR count). The Kier molecular flexibility index (Phi) is 5.76. The first-order valence-corrected chi connectivity index (χ1v) is 8.87. The number of nitrogens with zero attached hydrogens (tertiary/aromatic N) is 1. The number of carbonyl (C=O) groups is 2. The van der Waals surface area contributed by atoms with Crippen LogP contribution in [0, 0.1) is 6.92 Å². The second-order valence-corrected chi connectivity index (χ2v) is 6.44. The summed E-state index contributed by atoms with van der Waals surface area (Å²) in [4.78, 5) is 24.3. The van der Waals surface area contributed by atoms with Gasteiger partial charge in [0, 0.05) is 30.6 Å². The lowest BCUT2D eigenvalue weighted by molar-refractivity contribution is -0.122. The van der Waals surface area contributed by atoms with Crippen LogP contribution in [-0.2, 0) is 11.8 Å². The standard InChI is InChI=1S/C21H23N3O3/c1-15-7-5-8-16(13-15)27-12-6-11-20(25)22-23-21(26)18-14-24(2)19-10-4-3-9-17(18)19/h3-5,7-10,13-14H,6,11-12H2,1-2H3,(H,22,25)(H,23,26). The van der Waals surface area contributed by atoms with Crippen molar-refractivity contribution >= 4 is 22.7 Å². The van der Waals surface area contributed by atoms with Gasteiger partial charge < -0.3 is 9.30 Å². The van der Waals surface area contributed by atoms with E-state index in [-0.39, 0.29) is 18.2 Å². The molecule has 2 amide bonds. The Morgan fingerprint density at radius 2 is 1.89 bits per heavy atom. The molecule has 0 spiro atoms. The first-order valence-electron chi connectivity index (χ1n) is 8.87. The fourth-order valence-corrected chi connectivity index (χ4v) is 2.91. The number of aromatic nitrogens is 1. The van der Waals surface area contributed by atoms with Crippen LogP contribution in [0.2, 0.25) is 0 Å². The van der Waals surface area contributed by atoms with E-state index in [1.807, 2.05) is 67.1 Å². The molecule has 2 N–H and O–H groups in total. The largest absolute Gasteiger partial charge is 0.494 e. The minimum atomic E-state index is -0.337. The summed E-state index contributed by atoms with van der Waals surface area (Å²) in [7, 11) is 1.88. The highest BCUT2D eigenvalue weighted by Gasteiger charge is 2.14. The van der Waals surface area contributed by atoms with Crippen molar-refractivity contribution in [3.8, 4) is 5.75 Å². The third kappa shape index (κ3) is 4.67. The quantitative estimate of drug-likeness (QED) is 0.521. The predicted molar refractivity (Wildman–Crippen MR) is 104 cm³/mol. The highest BCUT2D eigenvalue weighted by molar-refractivity contribution is 6.07. The number of rotatable bonds is 6. The number of hydrogen-bond acceptors (Lipinski definition) is 3. The number of benzene rings is 2. The van der Waals surface area contributed by atoms with E-state index in [1.54, 1.807) is 6.20 Å². The third-order valence-electron chi connectivity index (χ3n) is 4.26. The van der Waals surface area contributed by atoms with Crippen LogP contribution in [0.15, 0.2) is 54.7 Å². The monoisotopic (exact) mass is 365 g/mol. The van der Waals surface area contributed by atoms with Crippen molar-refractivity contribution in [3.05, 3.63) is 65.9 Å². The van der Waals surface area contributed by atoms with Crippen LogP contribution in [0.5, 0.6) is 5.75 Å². The lowest BCUT2D eigenvalue weighted by Crippen LogP contribution is -2.41. The van der Waals surface area contributed by atoms with Crippen LogP contribution in [0.1, 0.15) is 28.8 Å². The van der Waals surface area contributed by atoms with Gasteiger partial charge in [-0.3, -0.25) is 20.4 Å². The van der Waals surface area contributed by atoms with Gasteiger partial charge in [-0.05, 0) is 37.1 Å². The molecule has 0 saturated carbocycles. The molecule has 0 aliphatic carbocycles. The maximum Gasteiger partial charge on any atom is 0.271 e. The van der Waals surface area contributed by atoms with E-state index in [4.69, 9.17) is 4.74 Å². The molecule has 27 heavy (non-hydrogen) atoms. The van der Waals surface area contributed by atoms with Gasteiger partial charge in [0.25, 0.3) is 5.91 Å². The minimum absolute atomic E-state index is 0.253. The molecule has 140 valence electrons. The van der Waals surface area contributed by atoms with Crippen LogP contribution < -0.4 is 15.6 Å². The molecule has 0 aliphatic heterocycles. The van der Waals surface area contributed by atoms with Gasteiger partial charge in [0.05, 0.1) is 12.2 Å². The molecule has 0 atom stereocenters. The SMILES string of the molecule is Cc1cccc(OCCCC(=O)NNC(=O)c2cn(C)c3ccccc23)c1. The number of aryl methyl sites for hydroxylation is 2. The highest BCUT2D eigenvalue weighted by atomic mass is 16.5. The number of hydrazine groups is 1. The van der Waals surface area contributed by atoms with E-state index >= 15 is 0 Å². The Hall–Kier alpha value is -3.28. The van der Waals surface area contributed by atoms with Crippen molar-refractivity contribution in [2.75, 3.05) is 6.61 Å². The Morgan fingerprint density at radius 3 is 2.70 bits per heavy atom. The summed E-state index contributed by atoms with van der Waals surface area (Å²) in [6, 6.07) is 15.4. The van der Waals surface area contributed by atoms with Crippen LogP contribution in [0.25, 0.3) is 10.9 Å². The van der Waals surface area contributed by atoms with E-state index < -0.39 is 0 Å². The molecule has 0 saturated heterocycles. The molecule has 1 heterocycles. The summed E-state index contributed by atoms with van der Waals surface area (Å²) in [6.45, 7) is 2.44. The van der Waals surface area contributed by atoms with Gasteiger partial charge in [0.15, 0.2) is 0 Å². The predicted octanol–water partition coefficient (Wildman–Crippen LogP) is 3.11. The summed E-state index contributed by atoms with van der Waals surface area (Å²) >= 11 is 0. The van der Waals surface area contributed by atoms with Crippen LogP contribution in [-0.4, -0.2) is 23.0 Å². The minimum Gasteiger partial charge on any atom is -0.494 e. The Morgan fingerprint density at radius 1 is 1.07 bits per heavy atom. The Balaban J connectivity index is 1.44. The number of para-hydroxylation sites is 1. The van der Waals surface area contributed by atoms with E-state index in [2.05, 4.69) is 10.9 Å². The van der Waals surface area contributed by atoms with Gasteiger partial charge in [-0.1, -0.05) is 30.3 Å². The molecule has 6 nitrogen and oxygen atoms in total. The zero-order chi connectivity index (χ0) is 19.2. The number of nitrogens with one attached hydrogen (secondary N) is 2. The maximum atomic E-state index is 12.4. The van der Waals surface area contributed by atoms with E-state index in [1.165, 1.54) is 0 Å². The lowest BCUT2D eigenvalue weighted by Gasteiger charge is -2.08. The molecule has 3 aromatic rings. The molecule has 0 aliphatic rings. The molecule has 0 bridgehead atoms. The first-order chi connectivity index (χ1) is 13.0. The van der Waals surface area contributed by atoms with Gasteiger partial charge in [-0.2, -0.15) is 0 Å². The van der Waals surface area contributed by atoms with E-state index in [0.29, 0.717) is 18.6 Å². The van der Waals surface area contributed by atoms with Crippen molar-refractivity contribution in [1.82, 2.24) is 15.4 Å². The average molecular weight is 365 g/mol. The summed E-state index contributed by atoms with van der Waals surface area (Å²) in [6.07, 6.45) is 2.58. The van der Waals surface area contributed by atoms with Crippen LogP contribution in [0.3, 0.4) is 0 Å². The molecule has 0 radical (unpaired) electrons. The second-order valence-electron chi connectivity index (χ2n) is 6.44. The number of fused-ring (bicyclic) bond motifs is 1. The number of carbonyl (C=O) groups excluding carboxylic acids is 2. The van der Waals surface area contributed by atoms with Gasteiger partial charge in [0.1, 0.15) is 5.75 Å². The van der Waals surface area contributed by atoms with Gasteiger partial charge in [-0.25, -0.2) is 0 Å². The number of ether oxygens (including phenoxy) is 1. The van der Waals surface area contributed by atoms with Crippen LogP contribution >= 0.6 is 0 Å². The topological polar surface area (TPSA) is 72.4 Å². The molecule has 0 fully saturated rings. The van der Waals surface area contributed by atoms with E-state index in [9.17, 15) is 9.59 Å². The van der Waals surface area contributed by atoms with E-state index in [0.717, 1.165) is 22.2 Å². The van der Waals surface area contributed by atoms with Crippen molar-refractivity contribution in [3.63, 3.8) is 0 Å². The lowest BCUT2D eigenvalue weighted by atomic mass is 10.2. The first kappa shape index (κ1) is 18.5. The normalized spacial score (nSPS) is 10.6. The smallest absolute Gasteiger partial charge is 0.271 e. The molecular weight excluding hydrogens is 342 g/mol. The zero-order valence-corrected chi connectivity index (χ0v) is 15.5. The summed E-state index contributed by atoms with van der Waals surface area (Å²) in [5.74, 6) is 0.201. The third-order valence-corrected chi connectivity index (χ3v) is 4.26. The number of hydrogen-bond donors (Lipinski definition) is 2. The van der Waals surface area contributed by atoms with Gasteiger partial charge >= 0.3 is 0 Å². The molecule has 2 aromatic carbocycles. The molecular formula is C21H23N3O3. The Labute approximate surface area is 158 Å². The summed E-state index contributed by atoms with van der Waals surface area (Å²) < 4.78 is 7.50. The molecule has 6 heteroatoms. The van der Waals surface area contributed by atoms with Crippen molar-refractivity contribution in [1.29, 1.82) is 0 Å². The van der Waals surface area contributed by atoms with Crippen molar-refractivity contribution in [2.45, 2.75) is 19.8 Å². The fraction of sp³-hybridized carbons (Fsp3) is 0.238. The maximum absolute atomic E-state index is 12.4. The summed E-state index contributed by atoms with van der Waals surface area (Å²) in [5, 5.41) is 0.846. The van der Waals surface area contributed by atoms with Crippen molar-refractivity contribution < 1.29 is 14.3 Å². The van der Waals surface area contributed by atoms with Gasteiger partial charge in [-0.15, -0.1) is 0 Å². The molecule has 0 unspecified atom stereocenters. The second kappa shape index (κ2) is 8.40. The van der Waals surface area contributed by atoms with Crippen LogP contribution in [0.4, 0.5) is 0 Å². The van der Waals surface area contributed by atoms with Gasteiger partial charge in [0.2, 0.25) is 5.91 Å². The average Bonchev–Trinajstić information content (AvgIpc) is 3.01. The highest BCUT2D eigenvalue weighted by Crippen LogP contribution is 2.19. The Bertz CT molecular complexity index is 962. The molecule has 1 aromatic heterocycles. The zero-order valence-electron chi connectivity index (χ0n) is 15.5. The number of amides is 2. The summed E-state index contributed by atoms with van der Waals surface area (Å²) in [5.41, 5.74) is 7.55.